The van der Waals surface area contributed by atoms with Gasteiger partial charge < -0.3 is 28.5 Å². The second kappa shape index (κ2) is 8.30. The average molecular weight is 401 g/mol. The highest BCUT2D eigenvalue weighted by atomic mass is 32.2. The molecule has 0 atom stereocenters. The molecule has 0 radical (unpaired) electrons. The zero-order valence-electron chi connectivity index (χ0n) is 15.2. The molecule has 1 aliphatic heterocycles. The number of amides is 1. The van der Waals surface area contributed by atoms with Crippen LogP contribution in [0.3, 0.4) is 0 Å². The molecule has 0 saturated heterocycles. The highest BCUT2D eigenvalue weighted by Crippen LogP contribution is 2.35. The van der Waals surface area contributed by atoms with Crippen molar-refractivity contribution in [2.24, 2.45) is 7.05 Å². The first-order valence-electron chi connectivity index (χ1n) is 8.68. The second-order valence-electron chi connectivity index (χ2n) is 5.99. The predicted octanol–water partition coefficient (Wildman–Crippen LogP) is 2.84. The maximum absolute atomic E-state index is 12.2. The van der Waals surface area contributed by atoms with Crippen LogP contribution < -0.4 is 19.5 Å². The molecule has 3 aromatic rings. The standard InChI is InChI=1S/C19H19N3O5S/c1-22-8-6-21-19(22)28-11-14-3-5-16(27-14)18(23)20-7-9-24-13-2-4-15-17(10-13)26-12-25-15/h2-6,8,10H,7,9,11-12H2,1H3,(H,20,23). The van der Waals surface area contributed by atoms with Gasteiger partial charge in [-0.1, -0.05) is 11.8 Å². The lowest BCUT2D eigenvalue weighted by atomic mass is 10.3. The number of benzene rings is 1. The molecule has 8 nitrogen and oxygen atoms in total. The average Bonchev–Trinajstić information content (AvgIpc) is 3.43. The van der Waals surface area contributed by atoms with Gasteiger partial charge >= 0.3 is 0 Å². The van der Waals surface area contributed by atoms with Crippen LogP contribution in [0.5, 0.6) is 17.2 Å². The summed E-state index contributed by atoms with van der Waals surface area (Å²) in [5.41, 5.74) is 0. The Morgan fingerprint density at radius 3 is 3.04 bits per heavy atom. The summed E-state index contributed by atoms with van der Waals surface area (Å²) in [6.07, 6.45) is 3.63. The third kappa shape index (κ3) is 4.25. The molecule has 146 valence electrons. The number of aryl methyl sites for hydroxylation is 1. The molecular weight excluding hydrogens is 382 g/mol. The fourth-order valence-electron chi connectivity index (χ4n) is 2.59. The Morgan fingerprint density at radius 1 is 1.29 bits per heavy atom. The van der Waals surface area contributed by atoms with E-state index in [2.05, 4.69) is 10.3 Å². The van der Waals surface area contributed by atoms with Crippen LogP contribution in [0.2, 0.25) is 0 Å². The number of carbonyl (C=O) groups is 1. The van der Waals surface area contributed by atoms with Gasteiger partial charge in [0.15, 0.2) is 22.4 Å². The lowest BCUT2D eigenvalue weighted by molar-refractivity contribution is 0.0918. The Kier molecular flexibility index (Phi) is 5.43. The molecule has 9 heteroatoms. The molecule has 1 N–H and O–H groups in total. The van der Waals surface area contributed by atoms with Gasteiger partial charge in [0, 0.05) is 25.5 Å². The maximum Gasteiger partial charge on any atom is 0.287 e. The van der Waals surface area contributed by atoms with Crippen molar-refractivity contribution >= 4 is 17.7 Å². The first-order valence-corrected chi connectivity index (χ1v) is 9.67. The van der Waals surface area contributed by atoms with Gasteiger partial charge in [0.2, 0.25) is 6.79 Å². The van der Waals surface area contributed by atoms with Gasteiger partial charge in [0.1, 0.15) is 18.1 Å². The van der Waals surface area contributed by atoms with Crippen LogP contribution in [0, 0.1) is 0 Å². The Bertz CT molecular complexity index is 968. The van der Waals surface area contributed by atoms with Crippen molar-refractivity contribution in [3.63, 3.8) is 0 Å². The van der Waals surface area contributed by atoms with Gasteiger partial charge in [0.25, 0.3) is 5.91 Å². The number of fused-ring (bicyclic) bond motifs is 1. The summed E-state index contributed by atoms with van der Waals surface area (Å²) in [4.78, 5) is 16.4. The molecule has 0 bridgehead atoms. The molecule has 0 aliphatic carbocycles. The second-order valence-corrected chi connectivity index (χ2v) is 6.94. The molecule has 28 heavy (non-hydrogen) atoms. The van der Waals surface area contributed by atoms with Gasteiger partial charge in [-0.3, -0.25) is 4.79 Å². The van der Waals surface area contributed by atoms with Crippen LogP contribution in [0.15, 0.2) is 52.3 Å². The van der Waals surface area contributed by atoms with Crippen LogP contribution in [0.1, 0.15) is 16.3 Å². The van der Waals surface area contributed by atoms with E-state index in [1.165, 1.54) is 0 Å². The quantitative estimate of drug-likeness (QED) is 0.459. The normalized spacial score (nSPS) is 12.2. The molecule has 0 unspecified atom stereocenters. The third-order valence-electron chi connectivity index (χ3n) is 4.01. The van der Waals surface area contributed by atoms with Crippen molar-refractivity contribution in [2.75, 3.05) is 19.9 Å². The molecule has 2 aromatic heterocycles. The largest absolute Gasteiger partial charge is 0.492 e. The van der Waals surface area contributed by atoms with Crippen molar-refractivity contribution in [1.82, 2.24) is 14.9 Å². The summed E-state index contributed by atoms with van der Waals surface area (Å²) in [5, 5.41) is 3.67. The van der Waals surface area contributed by atoms with E-state index in [0.717, 1.165) is 10.9 Å². The molecular formula is C19H19N3O5S. The molecule has 1 aliphatic rings. The number of nitrogens with one attached hydrogen (secondary N) is 1. The number of imidazole rings is 1. The predicted molar refractivity (Wildman–Crippen MR) is 102 cm³/mol. The SMILES string of the molecule is Cn1ccnc1SCc1ccc(C(=O)NCCOc2ccc3c(c2)OCO3)o1. The van der Waals surface area contributed by atoms with Crippen LogP contribution in [0.4, 0.5) is 0 Å². The number of ether oxygens (including phenoxy) is 3. The Labute approximate surface area is 165 Å². The van der Waals surface area contributed by atoms with Crippen molar-refractivity contribution in [1.29, 1.82) is 0 Å². The van der Waals surface area contributed by atoms with E-state index in [0.29, 0.717) is 36.2 Å². The van der Waals surface area contributed by atoms with E-state index in [1.807, 2.05) is 17.8 Å². The van der Waals surface area contributed by atoms with Crippen molar-refractivity contribution in [3.8, 4) is 17.2 Å². The van der Waals surface area contributed by atoms with E-state index < -0.39 is 0 Å². The third-order valence-corrected chi connectivity index (χ3v) is 5.09. The fourth-order valence-corrected chi connectivity index (χ4v) is 3.42. The highest BCUT2D eigenvalue weighted by molar-refractivity contribution is 7.98. The lowest BCUT2D eigenvalue weighted by Gasteiger charge is -2.07. The van der Waals surface area contributed by atoms with Crippen LogP contribution in [0.25, 0.3) is 0 Å². The minimum Gasteiger partial charge on any atom is -0.492 e. The summed E-state index contributed by atoms with van der Waals surface area (Å²) in [6, 6.07) is 8.83. The number of rotatable bonds is 8. The molecule has 3 heterocycles. The number of nitrogens with zero attached hydrogens (tertiary/aromatic N) is 2. The van der Waals surface area contributed by atoms with E-state index >= 15 is 0 Å². The number of hydrogen-bond acceptors (Lipinski definition) is 7. The van der Waals surface area contributed by atoms with Gasteiger partial charge in [-0.05, 0) is 24.3 Å². The summed E-state index contributed by atoms with van der Waals surface area (Å²) >= 11 is 1.55. The minimum atomic E-state index is -0.275. The zero-order chi connectivity index (χ0) is 19.3. The van der Waals surface area contributed by atoms with E-state index in [4.69, 9.17) is 18.6 Å². The molecule has 0 saturated carbocycles. The van der Waals surface area contributed by atoms with Crippen molar-refractivity contribution in [2.45, 2.75) is 10.9 Å². The molecule has 4 rings (SSSR count). The summed E-state index contributed by atoms with van der Waals surface area (Å²) < 4.78 is 23.7. The zero-order valence-corrected chi connectivity index (χ0v) is 16.0. The van der Waals surface area contributed by atoms with E-state index in [9.17, 15) is 4.79 Å². The van der Waals surface area contributed by atoms with Gasteiger partial charge in [-0.2, -0.15) is 0 Å². The first-order chi connectivity index (χ1) is 13.7. The Morgan fingerprint density at radius 2 is 2.18 bits per heavy atom. The lowest BCUT2D eigenvalue weighted by Crippen LogP contribution is -2.27. The fraction of sp³-hybridized carbons (Fsp3) is 0.263. The molecule has 0 fully saturated rings. The monoisotopic (exact) mass is 401 g/mol. The summed E-state index contributed by atoms with van der Waals surface area (Å²) in [6.45, 7) is 0.902. The topological polar surface area (TPSA) is 87.8 Å². The molecule has 0 spiro atoms. The minimum absolute atomic E-state index is 0.222. The van der Waals surface area contributed by atoms with Crippen LogP contribution in [-0.2, 0) is 12.8 Å². The van der Waals surface area contributed by atoms with Crippen LogP contribution in [-0.4, -0.2) is 35.4 Å². The highest BCUT2D eigenvalue weighted by Gasteiger charge is 2.14. The van der Waals surface area contributed by atoms with Gasteiger partial charge in [-0.25, -0.2) is 4.98 Å². The first kappa shape index (κ1) is 18.3. The number of hydrogen-bond donors (Lipinski definition) is 1. The van der Waals surface area contributed by atoms with Gasteiger partial charge in [0.05, 0.1) is 12.3 Å². The Hall–Kier alpha value is -3.07. The van der Waals surface area contributed by atoms with Crippen molar-refractivity contribution in [3.05, 3.63) is 54.2 Å². The van der Waals surface area contributed by atoms with E-state index in [1.54, 1.807) is 48.3 Å². The van der Waals surface area contributed by atoms with Crippen LogP contribution >= 0.6 is 11.8 Å². The number of thioether (sulfide) groups is 1. The smallest absolute Gasteiger partial charge is 0.287 e. The number of carbonyl (C=O) groups excluding carboxylic acids is 1. The maximum atomic E-state index is 12.2. The summed E-state index contributed by atoms with van der Waals surface area (Å²) in [5.74, 6) is 3.34. The number of furan rings is 1. The Balaban J connectivity index is 1.21. The number of aromatic nitrogens is 2. The van der Waals surface area contributed by atoms with Gasteiger partial charge in [-0.15, -0.1) is 0 Å². The molecule has 1 aromatic carbocycles. The molecule has 1 amide bonds. The summed E-state index contributed by atoms with van der Waals surface area (Å²) in [7, 11) is 1.93. The van der Waals surface area contributed by atoms with E-state index in [-0.39, 0.29) is 18.5 Å². The van der Waals surface area contributed by atoms with Crippen molar-refractivity contribution < 1.29 is 23.4 Å².